The van der Waals surface area contributed by atoms with Crippen LogP contribution in [0.15, 0.2) is 48.0 Å². The third-order valence-electron chi connectivity index (χ3n) is 8.70. The summed E-state index contributed by atoms with van der Waals surface area (Å²) in [6, 6.07) is 12.5. The van der Waals surface area contributed by atoms with Gasteiger partial charge >= 0.3 is 0 Å². The molecule has 0 radical (unpaired) electrons. The van der Waals surface area contributed by atoms with Crippen molar-refractivity contribution in [3.63, 3.8) is 0 Å². The van der Waals surface area contributed by atoms with Crippen LogP contribution >= 0.6 is 11.6 Å². The van der Waals surface area contributed by atoms with Gasteiger partial charge in [0.1, 0.15) is 6.04 Å². The summed E-state index contributed by atoms with van der Waals surface area (Å²) in [6.45, 7) is 8.55. The predicted octanol–water partition coefficient (Wildman–Crippen LogP) is 3.51. The zero-order valence-electron chi connectivity index (χ0n) is 24.0. The molecule has 0 spiro atoms. The Kier molecular flexibility index (Phi) is 7.68. The number of carbonyl (C=O) groups excluding carboxylic acids is 4. The molecule has 2 aromatic carbocycles. The average molecular weight is 591 g/mol. The molecule has 0 saturated carbocycles. The molecule has 10 heteroatoms. The number of carbonyl (C=O) groups is 4. The van der Waals surface area contributed by atoms with Gasteiger partial charge in [0.2, 0.25) is 11.8 Å². The van der Waals surface area contributed by atoms with Crippen LogP contribution in [0.5, 0.6) is 0 Å². The second kappa shape index (κ2) is 11.3. The molecule has 0 aromatic heterocycles. The van der Waals surface area contributed by atoms with Crippen molar-refractivity contribution < 1.29 is 23.9 Å². The SMILES string of the molecule is CC1(C)CC(c2ccc(Cl)cc2)=C(CN2CCN(C(=O)c3ccc4c(c3)CN(C3CCC(=O)NC3=O)C4=O)CC2)CO1. The highest BCUT2D eigenvalue weighted by atomic mass is 35.5. The quantitative estimate of drug-likeness (QED) is 0.535. The zero-order chi connectivity index (χ0) is 29.6. The molecule has 9 nitrogen and oxygen atoms in total. The number of halogens is 1. The molecule has 0 aliphatic carbocycles. The predicted molar refractivity (Wildman–Crippen MR) is 158 cm³/mol. The van der Waals surface area contributed by atoms with Crippen molar-refractivity contribution in [1.82, 2.24) is 20.0 Å². The van der Waals surface area contributed by atoms with Gasteiger partial charge in [0.15, 0.2) is 0 Å². The number of piperidine rings is 1. The number of rotatable bonds is 5. The molecule has 4 amide bonds. The maximum absolute atomic E-state index is 13.5. The minimum Gasteiger partial charge on any atom is -0.371 e. The van der Waals surface area contributed by atoms with E-state index < -0.39 is 11.9 Å². The number of nitrogens with zero attached hydrogens (tertiary/aromatic N) is 3. The van der Waals surface area contributed by atoms with Crippen molar-refractivity contribution in [3.05, 3.63) is 75.3 Å². The van der Waals surface area contributed by atoms with Gasteiger partial charge in [-0.3, -0.25) is 29.4 Å². The summed E-state index contributed by atoms with van der Waals surface area (Å²) in [6.07, 6.45) is 1.34. The van der Waals surface area contributed by atoms with Gasteiger partial charge in [-0.1, -0.05) is 23.7 Å². The number of piperazine rings is 1. The van der Waals surface area contributed by atoms with Gasteiger partial charge in [0, 0.05) is 68.3 Å². The molecule has 2 aromatic rings. The van der Waals surface area contributed by atoms with Crippen molar-refractivity contribution in [2.75, 3.05) is 39.3 Å². The second-order valence-electron chi connectivity index (χ2n) is 12.2. The van der Waals surface area contributed by atoms with Gasteiger partial charge in [0.05, 0.1) is 12.2 Å². The van der Waals surface area contributed by atoms with Crippen LogP contribution in [-0.2, 0) is 20.9 Å². The van der Waals surface area contributed by atoms with Crippen LogP contribution in [0.4, 0.5) is 0 Å². The van der Waals surface area contributed by atoms with Crippen LogP contribution in [0.25, 0.3) is 5.57 Å². The lowest BCUT2D eigenvalue weighted by molar-refractivity contribution is -0.136. The Balaban J connectivity index is 1.10. The molecule has 2 saturated heterocycles. The highest BCUT2D eigenvalue weighted by Gasteiger charge is 2.39. The summed E-state index contributed by atoms with van der Waals surface area (Å²) in [4.78, 5) is 56.1. The number of ether oxygens (including phenoxy) is 1. The Morgan fingerprint density at radius 2 is 1.79 bits per heavy atom. The van der Waals surface area contributed by atoms with E-state index in [4.69, 9.17) is 16.3 Å². The smallest absolute Gasteiger partial charge is 0.255 e. The van der Waals surface area contributed by atoms with E-state index in [0.717, 1.165) is 36.6 Å². The first-order valence-electron chi connectivity index (χ1n) is 14.5. The van der Waals surface area contributed by atoms with Crippen molar-refractivity contribution in [3.8, 4) is 0 Å². The molecule has 1 N–H and O–H groups in total. The van der Waals surface area contributed by atoms with Gasteiger partial charge in [-0.25, -0.2) is 0 Å². The number of amides is 4. The normalized spacial score (nSPS) is 22.8. The first kappa shape index (κ1) is 28.6. The van der Waals surface area contributed by atoms with E-state index in [9.17, 15) is 19.2 Å². The van der Waals surface area contributed by atoms with Crippen molar-refractivity contribution in [2.24, 2.45) is 0 Å². The second-order valence-corrected chi connectivity index (χ2v) is 12.6. The lowest BCUT2D eigenvalue weighted by Crippen LogP contribution is -2.52. The van der Waals surface area contributed by atoms with Gasteiger partial charge in [-0.2, -0.15) is 0 Å². The Morgan fingerprint density at radius 1 is 1.05 bits per heavy atom. The summed E-state index contributed by atoms with van der Waals surface area (Å²) in [7, 11) is 0. The molecule has 42 heavy (non-hydrogen) atoms. The third-order valence-corrected chi connectivity index (χ3v) is 8.96. The van der Waals surface area contributed by atoms with E-state index in [-0.39, 0.29) is 36.3 Å². The Bertz CT molecular complexity index is 1480. The third kappa shape index (κ3) is 5.73. The zero-order valence-corrected chi connectivity index (χ0v) is 24.7. The van der Waals surface area contributed by atoms with Crippen molar-refractivity contribution in [1.29, 1.82) is 0 Å². The van der Waals surface area contributed by atoms with E-state index in [1.807, 2.05) is 17.0 Å². The topological polar surface area (TPSA) is 99.3 Å². The summed E-state index contributed by atoms with van der Waals surface area (Å²) in [5, 5.41) is 3.04. The Labute approximate surface area is 250 Å². The van der Waals surface area contributed by atoms with E-state index in [0.29, 0.717) is 37.2 Å². The molecule has 220 valence electrons. The van der Waals surface area contributed by atoms with Crippen LogP contribution in [0.1, 0.15) is 65.0 Å². The monoisotopic (exact) mass is 590 g/mol. The number of hydrogen-bond donors (Lipinski definition) is 1. The van der Waals surface area contributed by atoms with E-state index in [1.165, 1.54) is 21.6 Å². The molecule has 1 unspecified atom stereocenters. The standard InChI is InChI=1S/C32H35ClN4O5/c1-32(2)16-26(20-3-6-24(33)7-4-20)23(19-42-32)17-35-11-13-36(14-12-35)30(40)21-5-8-25-22(15-21)18-37(31(25)41)27-9-10-28(38)34-29(27)39/h3-8,15,27H,9-14,16-19H2,1-2H3,(H,34,38,39). The first-order valence-corrected chi connectivity index (χ1v) is 14.9. The molecule has 6 rings (SSSR count). The summed E-state index contributed by atoms with van der Waals surface area (Å²) < 4.78 is 6.17. The van der Waals surface area contributed by atoms with Crippen LogP contribution < -0.4 is 5.32 Å². The van der Waals surface area contributed by atoms with Gasteiger partial charge in [0.25, 0.3) is 11.8 Å². The maximum atomic E-state index is 13.5. The van der Waals surface area contributed by atoms with Crippen LogP contribution in [0.2, 0.25) is 5.02 Å². The molecular formula is C32H35ClN4O5. The van der Waals surface area contributed by atoms with Gasteiger partial charge < -0.3 is 14.5 Å². The number of nitrogens with one attached hydrogen (secondary N) is 1. The van der Waals surface area contributed by atoms with E-state index >= 15 is 0 Å². The molecule has 0 bridgehead atoms. The maximum Gasteiger partial charge on any atom is 0.255 e. The fourth-order valence-corrected chi connectivity index (χ4v) is 6.46. The summed E-state index contributed by atoms with van der Waals surface area (Å²) in [5.74, 6) is -1.06. The first-order chi connectivity index (χ1) is 20.1. The van der Waals surface area contributed by atoms with E-state index in [1.54, 1.807) is 18.2 Å². The number of benzene rings is 2. The van der Waals surface area contributed by atoms with Gasteiger partial charge in [-0.15, -0.1) is 0 Å². The molecule has 2 fully saturated rings. The fourth-order valence-electron chi connectivity index (χ4n) is 6.34. The van der Waals surface area contributed by atoms with Crippen LogP contribution in [-0.4, -0.2) is 89.3 Å². The summed E-state index contributed by atoms with van der Waals surface area (Å²) >= 11 is 6.14. The minimum absolute atomic E-state index is 0.0619. The van der Waals surface area contributed by atoms with E-state index in [2.05, 4.69) is 36.2 Å². The number of imide groups is 1. The molecule has 1 atom stereocenters. The molecule has 4 heterocycles. The van der Waals surface area contributed by atoms with Crippen LogP contribution in [0, 0.1) is 0 Å². The Morgan fingerprint density at radius 3 is 2.50 bits per heavy atom. The van der Waals surface area contributed by atoms with Crippen molar-refractivity contribution >= 4 is 40.8 Å². The molecule has 4 aliphatic rings. The van der Waals surface area contributed by atoms with Crippen molar-refractivity contribution in [2.45, 2.75) is 51.3 Å². The number of fused-ring (bicyclic) bond motifs is 1. The lowest BCUT2D eigenvalue weighted by atomic mass is 9.87. The average Bonchev–Trinajstić information content (AvgIpc) is 3.29. The largest absolute Gasteiger partial charge is 0.371 e. The van der Waals surface area contributed by atoms with Gasteiger partial charge in [-0.05, 0) is 72.9 Å². The van der Waals surface area contributed by atoms with Crippen LogP contribution in [0.3, 0.4) is 0 Å². The highest BCUT2D eigenvalue weighted by Crippen LogP contribution is 2.36. The number of hydrogen-bond acceptors (Lipinski definition) is 6. The Hall–Kier alpha value is -3.53. The fraction of sp³-hybridized carbons (Fsp3) is 0.438. The highest BCUT2D eigenvalue weighted by molar-refractivity contribution is 6.30. The summed E-state index contributed by atoms with van der Waals surface area (Å²) in [5.41, 5.74) is 5.28. The lowest BCUT2D eigenvalue weighted by Gasteiger charge is -2.38. The molecule has 4 aliphatic heterocycles. The minimum atomic E-state index is -0.675. The molecular weight excluding hydrogens is 556 g/mol.